The Hall–Kier alpha value is -2.91. The van der Waals surface area contributed by atoms with Crippen LogP contribution in [0.4, 0.5) is 5.69 Å². The van der Waals surface area contributed by atoms with E-state index < -0.39 is 10.0 Å². The van der Waals surface area contributed by atoms with Crippen molar-refractivity contribution in [3.8, 4) is 0 Å². The van der Waals surface area contributed by atoms with E-state index in [-0.39, 0.29) is 11.8 Å². The molecule has 9 heteroatoms. The molecule has 0 saturated carbocycles. The molecule has 8 nitrogen and oxygen atoms in total. The highest BCUT2D eigenvalue weighted by Crippen LogP contribution is 2.32. The predicted octanol–water partition coefficient (Wildman–Crippen LogP) is 3.59. The number of aromatic nitrogens is 2. The molecule has 2 aliphatic heterocycles. The van der Waals surface area contributed by atoms with Crippen molar-refractivity contribution in [2.45, 2.75) is 42.9 Å². The molecule has 2 aliphatic rings. The van der Waals surface area contributed by atoms with E-state index in [1.54, 1.807) is 27.2 Å². The summed E-state index contributed by atoms with van der Waals surface area (Å²) >= 11 is 0. The van der Waals surface area contributed by atoms with Gasteiger partial charge in [0.25, 0.3) is 5.91 Å². The number of benzene rings is 1. The van der Waals surface area contributed by atoms with E-state index in [1.807, 2.05) is 48.3 Å². The molecule has 0 aliphatic carbocycles. The molecule has 2 saturated heterocycles. The van der Waals surface area contributed by atoms with Crippen LogP contribution in [0.2, 0.25) is 0 Å². The molecule has 0 atom stereocenters. The number of piperidine rings is 2. The summed E-state index contributed by atoms with van der Waals surface area (Å²) in [4.78, 5) is 17.3. The quantitative estimate of drug-likeness (QED) is 0.541. The number of likely N-dealkylation sites (tertiary alicyclic amines) is 1. The number of rotatable bonds is 5. The van der Waals surface area contributed by atoms with Crippen LogP contribution in [0, 0.1) is 0 Å². The maximum Gasteiger partial charge on any atom is 0.257 e. The van der Waals surface area contributed by atoms with Crippen molar-refractivity contribution in [3.05, 3.63) is 59.9 Å². The summed E-state index contributed by atoms with van der Waals surface area (Å²) < 4.78 is 29.7. The minimum atomic E-state index is -3.52. The topological polar surface area (TPSA) is 78.2 Å². The molecular weight excluding hydrogens is 462 g/mol. The SMILES string of the molecule is CN(C)c1ccc(S(=O)(=O)N2CCC(c3ccn4ncc(C(=O)N5CCCCC5)c4c3)CC2)cc1. The van der Waals surface area contributed by atoms with Gasteiger partial charge in [-0.2, -0.15) is 9.40 Å². The molecule has 0 unspecified atom stereocenters. The van der Waals surface area contributed by atoms with Gasteiger partial charge in [-0.05, 0) is 80.0 Å². The van der Waals surface area contributed by atoms with Crippen molar-refractivity contribution < 1.29 is 13.2 Å². The third kappa shape index (κ3) is 4.67. The Balaban J connectivity index is 1.30. The van der Waals surface area contributed by atoms with Crippen LogP contribution in [-0.2, 0) is 10.0 Å². The summed E-state index contributed by atoms with van der Waals surface area (Å²) in [5.74, 6) is 0.299. The molecule has 5 rings (SSSR count). The normalized spacial score (nSPS) is 18.2. The van der Waals surface area contributed by atoms with E-state index in [9.17, 15) is 13.2 Å². The van der Waals surface area contributed by atoms with Crippen molar-refractivity contribution in [3.63, 3.8) is 0 Å². The molecule has 3 aromatic rings. The first-order valence-corrected chi connectivity index (χ1v) is 13.8. The van der Waals surface area contributed by atoms with E-state index in [0.717, 1.165) is 55.5 Å². The van der Waals surface area contributed by atoms with Gasteiger partial charge in [0.05, 0.1) is 22.2 Å². The highest BCUT2D eigenvalue weighted by Gasteiger charge is 2.30. The minimum Gasteiger partial charge on any atom is -0.378 e. The molecule has 35 heavy (non-hydrogen) atoms. The second-order valence-electron chi connectivity index (χ2n) is 9.77. The van der Waals surface area contributed by atoms with Gasteiger partial charge < -0.3 is 9.80 Å². The van der Waals surface area contributed by atoms with Crippen molar-refractivity contribution in [1.82, 2.24) is 18.8 Å². The van der Waals surface area contributed by atoms with Crippen LogP contribution in [0.1, 0.15) is 53.9 Å². The van der Waals surface area contributed by atoms with Gasteiger partial charge >= 0.3 is 0 Å². The lowest BCUT2D eigenvalue weighted by atomic mass is 9.90. The third-order valence-electron chi connectivity index (χ3n) is 7.34. The summed E-state index contributed by atoms with van der Waals surface area (Å²) in [6.45, 7) is 2.57. The van der Waals surface area contributed by atoms with Crippen LogP contribution in [0.3, 0.4) is 0 Å². The molecule has 0 radical (unpaired) electrons. The van der Waals surface area contributed by atoms with Crippen LogP contribution in [0.15, 0.2) is 53.7 Å². The number of carbonyl (C=O) groups is 1. The first kappa shape index (κ1) is 23.8. The lowest BCUT2D eigenvalue weighted by Crippen LogP contribution is -2.37. The van der Waals surface area contributed by atoms with Crippen molar-refractivity contribution in [2.75, 3.05) is 45.2 Å². The van der Waals surface area contributed by atoms with Crippen molar-refractivity contribution in [1.29, 1.82) is 0 Å². The van der Waals surface area contributed by atoms with Gasteiger partial charge in [-0.1, -0.05) is 0 Å². The number of nitrogens with zero attached hydrogens (tertiary/aromatic N) is 5. The number of carbonyl (C=O) groups excluding carboxylic acids is 1. The number of sulfonamides is 1. The maximum absolute atomic E-state index is 13.2. The number of pyridine rings is 1. The number of hydrogen-bond acceptors (Lipinski definition) is 5. The smallest absolute Gasteiger partial charge is 0.257 e. The van der Waals surface area contributed by atoms with Gasteiger partial charge in [-0.3, -0.25) is 4.79 Å². The zero-order valence-corrected chi connectivity index (χ0v) is 21.2. The predicted molar refractivity (Wildman–Crippen MR) is 136 cm³/mol. The Kier molecular flexibility index (Phi) is 6.55. The number of hydrogen-bond donors (Lipinski definition) is 0. The standard InChI is InChI=1S/C26H33N5O3S/c1-28(2)22-6-8-23(9-7-22)35(33,34)30-15-10-20(11-16-30)21-12-17-31-25(18-21)24(19-27-31)26(32)29-13-4-3-5-14-29/h6-9,12,17-20H,3-5,10-11,13-16H2,1-2H3. The summed E-state index contributed by atoms with van der Waals surface area (Å²) in [5, 5.41) is 4.39. The minimum absolute atomic E-state index is 0.0537. The van der Waals surface area contributed by atoms with Gasteiger partial charge in [0.15, 0.2) is 0 Å². The molecule has 0 spiro atoms. The fourth-order valence-electron chi connectivity index (χ4n) is 5.18. The zero-order chi connectivity index (χ0) is 24.6. The Labute approximate surface area is 207 Å². The molecule has 186 valence electrons. The molecule has 1 aromatic carbocycles. The molecular formula is C26H33N5O3S. The van der Waals surface area contributed by atoms with Gasteiger partial charge in [-0.25, -0.2) is 12.9 Å². The van der Waals surface area contributed by atoms with Gasteiger partial charge in [-0.15, -0.1) is 0 Å². The van der Waals surface area contributed by atoms with Crippen LogP contribution in [-0.4, -0.2) is 73.4 Å². The monoisotopic (exact) mass is 495 g/mol. The Morgan fingerprint density at radius 1 is 0.971 bits per heavy atom. The third-order valence-corrected chi connectivity index (χ3v) is 9.25. The van der Waals surface area contributed by atoms with Crippen molar-refractivity contribution >= 4 is 27.1 Å². The fraction of sp³-hybridized carbons (Fsp3) is 0.462. The lowest BCUT2D eigenvalue weighted by Gasteiger charge is -2.31. The number of fused-ring (bicyclic) bond motifs is 1. The van der Waals surface area contributed by atoms with E-state index in [1.165, 1.54) is 6.42 Å². The molecule has 0 N–H and O–H groups in total. The van der Waals surface area contributed by atoms with E-state index in [4.69, 9.17) is 0 Å². The first-order valence-electron chi connectivity index (χ1n) is 12.4. The van der Waals surface area contributed by atoms with Crippen LogP contribution in [0.25, 0.3) is 5.52 Å². The number of amides is 1. The van der Waals surface area contributed by atoms with Crippen molar-refractivity contribution in [2.24, 2.45) is 0 Å². The fourth-order valence-corrected chi connectivity index (χ4v) is 6.65. The second-order valence-corrected chi connectivity index (χ2v) is 11.7. The molecule has 0 bridgehead atoms. The molecule has 4 heterocycles. The van der Waals surface area contributed by atoms with Gasteiger partial charge in [0.1, 0.15) is 0 Å². The van der Waals surface area contributed by atoms with Crippen LogP contribution >= 0.6 is 0 Å². The van der Waals surface area contributed by atoms with Gasteiger partial charge in [0.2, 0.25) is 10.0 Å². The van der Waals surface area contributed by atoms with Gasteiger partial charge in [0, 0.05) is 52.2 Å². The number of anilines is 1. The summed E-state index contributed by atoms with van der Waals surface area (Å²) in [7, 11) is 0.350. The molecule has 2 aromatic heterocycles. The van der Waals surface area contributed by atoms with E-state index >= 15 is 0 Å². The maximum atomic E-state index is 13.2. The Morgan fingerprint density at radius 2 is 1.66 bits per heavy atom. The van der Waals surface area contributed by atoms with Crippen LogP contribution in [0.5, 0.6) is 0 Å². The Morgan fingerprint density at radius 3 is 2.31 bits per heavy atom. The zero-order valence-electron chi connectivity index (χ0n) is 20.4. The lowest BCUT2D eigenvalue weighted by molar-refractivity contribution is 0.0726. The Bertz CT molecular complexity index is 1300. The van der Waals surface area contributed by atoms with Crippen LogP contribution < -0.4 is 4.90 Å². The molecule has 1 amide bonds. The highest BCUT2D eigenvalue weighted by molar-refractivity contribution is 7.89. The summed E-state index contributed by atoms with van der Waals surface area (Å²) in [5.41, 5.74) is 3.58. The average Bonchev–Trinajstić information content (AvgIpc) is 3.32. The second kappa shape index (κ2) is 9.62. The van der Waals surface area contributed by atoms with E-state index in [0.29, 0.717) is 23.5 Å². The highest BCUT2D eigenvalue weighted by atomic mass is 32.2. The average molecular weight is 496 g/mol. The first-order chi connectivity index (χ1) is 16.8. The largest absolute Gasteiger partial charge is 0.378 e. The van der Waals surface area contributed by atoms with E-state index in [2.05, 4.69) is 11.2 Å². The molecule has 2 fully saturated rings. The summed E-state index contributed by atoms with van der Waals surface area (Å²) in [6, 6.07) is 11.2. The summed E-state index contributed by atoms with van der Waals surface area (Å²) in [6.07, 6.45) is 8.36.